The van der Waals surface area contributed by atoms with Crippen molar-refractivity contribution >= 4 is 17.8 Å². The highest BCUT2D eigenvalue weighted by Crippen LogP contribution is 2.43. The molecule has 3 fully saturated rings. The molecule has 3 rings (SSSR count). The second kappa shape index (κ2) is 5.53. The summed E-state index contributed by atoms with van der Waals surface area (Å²) in [6.45, 7) is 2.07. The minimum absolute atomic E-state index is 0.0162. The van der Waals surface area contributed by atoms with Crippen LogP contribution < -0.4 is 0 Å². The topological polar surface area (TPSA) is 87.2 Å². The smallest absolute Gasteiger partial charge is 0.311 e. The first-order valence-corrected chi connectivity index (χ1v) is 7.78. The predicted molar refractivity (Wildman–Crippen MR) is 75.9 cm³/mol. The number of ether oxygens (including phenoxy) is 1. The molecule has 0 aromatic heterocycles. The van der Waals surface area contributed by atoms with Crippen molar-refractivity contribution in [2.45, 2.75) is 19.3 Å². The minimum atomic E-state index is -0.872. The Kier molecular flexibility index (Phi) is 3.84. The van der Waals surface area contributed by atoms with Gasteiger partial charge in [-0.25, -0.2) is 0 Å². The molecule has 0 aromatic carbocycles. The number of fused-ring (bicyclic) bond motifs is 1. The Bertz CT molecular complexity index is 508. The van der Waals surface area contributed by atoms with E-state index in [1.54, 1.807) is 16.8 Å². The first-order valence-electron chi connectivity index (χ1n) is 7.78. The second-order valence-corrected chi connectivity index (χ2v) is 6.71. The highest BCUT2D eigenvalue weighted by molar-refractivity contribution is 5.88. The van der Waals surface area contributed by atoms with Crippen LogP contribution in [0.4, 0.5) is 0 Å². The Morgan fingerprint density at radius 2 is 2.18 bits per heavy atom. The van der Waals surface area contributed by atoms with Crippen LogP contribution in [0.2, 0.25) is 0 Å². The maximum absolute atomic E-state index is 12.7. The molecule has 1 N–H and O–H groups in total. The Hall–Kier alpha value is -1.63. The molecule has 0 aromatic rings. The summed E-state index contributed by atoms with van der Waals surface area (Å²) >= 11 is 0. The fourth-order valence-corrected chi connectivity index (χ4v) is 3.88. The van der Waals surface area contributed by atoms with Crippen molar-refractivity contribution < 1.29 is 24.2 Å². The molecule has 2 amide bonds. The summed E-state index contributed by atoms with van der Waals surface area (Å²) in [5, 5.41) is 9.63. The minimum Gasteiger partial charge on any atom is -0.481 e. The normalized spacial score (nSPS) is 35.4. The second-order valence-electron chi connectivity index (χ2n) is 6.71. The van der Waals surface area contributed by atoms with Gasteiger partial charge in [-0.3, -0.25) is 14.4 Å². The fraction of sp³-hybridized carbons (Fsp3) is 0.800. The van der Waals surface area contributed by atoms with E-state index < -0.39 is 11.4 Å². The molecule has 0 aliphatic carbocycles. The van der Waals surface area contributed by atoms with Gasteiger partial charge in [0.2, 0.25) is 11.8 Å². The van der Waals surface area contributed by atoms with E-state index in [0.717, 1.165) is 0 Å². The van der Waals surface area contributed by atoms with E-state index in [4.69, 9.17) is 4.74 Å². The van der Waals surface area contributed by atoms with Crippen LogP contribution in [-0.2, 0) is 19.1 Å². The van der Waals surface area contributed by atoms with Gasteiger partial charge in [0, 0.05) is 51.5 Å². The Morgan fingerprint density at radius 3 is 2.82 bits per heavy atom. The van der Waals surface area contributed by atoms with Crippen LogP contribution in [0.1, 0.15) is 19.3 Å². The fourth-order valence-electron chi connectivity index (χ4n) is 3.88. The molecular weight excluding hydrogens is 288 g/mol. The van der Waals surface area contributed by atoms with Crippen molar-refractivity contribution in [3.8, 4) is 0 Å². The van der Waals surface area contributed by atoms with E-state index in [-0.39, 0.29) is 36.6 Å². The molecule has 0 bridgehead atoms. The summed E-state index contributed by atoms with van der Waals surface area (Å²) in [6.07, 6.45) is 1.33. The lowest BCUT2D eigenvalue weighted by Gasteiger charge is -2.34. The van der Waals surface area contributed by atoms with Crippen molar-refractivity contribution in [3.05, 3.63) is 0 Å². The number of likely N-dealkylation sites (tertiary alicyclic amines) is 2. The van der Waals surface area contributed by atoms with Crippen molar-refractivity contribution in [2.75, 3.05) is 39.9 Å². The molecule has 3 saturated heterocycles. The lowest BCUT2D eigenvalue weighted by molar-refractivity contribution is -0.157. The largest absolute Gasteiger partial charge is 0.481 e. The van der Waals surface area contributed by atoms with E-state index in [2.05, 4.69) is 0 Å². The number of hydrogen-bond acceptors (Lipinski definition) is 4. The highest BCUT2D eigenvalue weighted by Gasteiger charge is 2.55. The summed E-state index contributed by atoms with van der Waals surface area (Å²) < 4.78 is 5.40. The van der Waals surface area contributed by atoms with Crippen molar-refractivity contribution in [3.63, 3.8) is 0 Å². The number of carboxylic acids is 1. The average Bonchev–Trinajstić information content (AvgIpc) is 2.90. The van der Waals surface area contributed by atoms with Crippen molar-refractivity contribution in [1.29, 1.82) is 0 Å². The number of hydrogen-bond donors (Lipinski definition) is 1. The first-order chi connectivity index (χ1) is 10.4. The summed E-state index contributed by atoms with van der Waals surface area (Å²) in [7, 11) is 1.74. The van der Waals surface area contributed by atoms with Crippen LogP contribution in [0.15, 0.2) is 0 Å². The number of rotatable bonds is 2. The molecule has 7 heteroatoms. The summed E-state index contributed by atoms with van der Waals surface area (Å²) in [4.78, 5) is 39.5. The third kappa shape index (κ3) is 2.37. The van der Waals surface area contributed by atoms with Gasteiger partial charge in [-0.05, 0) is 12.8 Å². The van der Waals surface area contributed by atoms with Gasteiger partial charge in [0.05, 0.1) is 12.0 Å². The number of amides is 2. The van der Waals surface area contributed by atoms with Crippen LogP contribution in [0.5, 0.6) is 0 Å². The maximum atomic E-state index is 12.7. The first kappa shape index (κ1) is 15.3. The van der Waals surface area contributed by atoms with E-state index >= 15 is 0 Å². The molecule has 22 heavy (non-hydrogen) atoms. The number of carboxylic acid groups (broad SMARTS) is 1. The van der Waals surface area contributed by atoms with Crippen LogP contribution in [0.3, 0.4) is 0 Å². The summed E-state index contributed by atoms with van der Waals surface area (Å²) in [5.41, 5.74) is -0.872. The number of nitrogens with zero attached hydrogens (tertiary/aromatic N) is 2. The zero-order valence-corrected chi connectivity index (χ0v) is 12.8. The highest BCUT2D eigenvalue weighted by atomic mass is 16.5. The van der Waals surface area contributed by atoms with Crippen molar-refractivity contribution in [1.82, 2.24) is 9.80 Å². The molecule has 0 saturated carbocycles. The monoisotopic (exact) mass is 310 g/mol. The molecule has 0 radical (unpaired) electrons. The number of carbonyl (C=O) groups excluding carboxylic acids is 2. The van der Waals surface area contributed by atoms with Gasteiger partial charge >= 0.3 is 5.97 Å². The zero-order chi connectivity index (χ0) is 15.9. The van der Waals surface area contributed by atoms with E-state index in [9.17, 15) is 19.5 Å². The third-order valence-electron chi connectivity index (χ3n) is 5.45. The molecular formula is C15H22N2O5. The average molecular weight is 310 g/mol. The number of aliphatic carboxylic acids is 1. The quantitative estimate of drug-likeness (QED) is 0.763. The van der Waals surface area contributed by atoms with Gasteiger partial charge in [0.15, 0.2) is 0 Å². The zero-order valence-electron chi connectivity index (χ0n) is 12.8. The molecule has 1 unspecified atom stereocenters. The van der Waals surface area contributed by atoms with Gasteiger partial charge in [-0.15, -0.1) is 0 Å². The van der Waals surface area contributed by atoms with E-state index in [1.165, 1.54) is 0 Å². The molecule has 3 aliphatic heterocycles. The SMILES string of the molecule is CN1CCC(C(=O)N2C[C@H]3COCC[C@@]3(C(=O)O)C2)CC1=O. The number of piperidine rings is 1. The molecule has 3 heterocycles. The predicted octanol–water partition coefficient (Wildman–Crippen LogP) is -0.195. The Labute approximate surface area is 129 Å². The maximum Gasteiger partial charge on any atom is 0.311 e. The Balaban J connectivity index is 1.72. The lowest BCUT2D eigenvalue weighted by Crippen LogP contribution is -2.46. The lowest BCUT2D eigenvalue weighted by atomic mass is 9.74. The third-order valence-corrected chi connectivity index (χ3v) is 5.45. The summed E-state index contributed by atoms with van der Waals surface area (Å²) in [6, 6.07) is 0. The molecule has 0 spiro atoms. The van der Waals surface area contributed by atoms with Gasteiger partial charge in [-0.2, -0.15) is 0 Å². The molecule has 3 atom stereocenters. The molecule has 122 valence electrons. The van der Waals surface area contributed by atoms with E-state index in [1.807, 2.05) is 0 Å². The van der Waals surface area contributed by atoms with E-state index in [0.29, 0.717) is 39.1 Å². The van der Waals surface area contributed by atoms with Gasteiger partial charge in [0.1, 0.15) is 0 Å². The van der Waals surface area contributed by atoms with Crippen LogP contribution in [0.25, 0.3) is 0 Å². The van der Waals surface area contributed by atoms with Gasteiger partial charge < -0.3 is 19.6 Å². The standard InChI is InChI=1S/C15H22N2O5/c1-16-4-2-10(6-12(16)18)13(19)17-7-11-8-22-5-3-15(11,9-17)14(20)21/h10-11H,2-9H2,1H3,(H,20,21)/t10?,11-,15+/m0/s1. The van der Waals surface area contributed by atoms with Crippen LogP contribution in [0, 0.1) is 17.3 Å². The van der Waals surface area contributed by atoms with Gasteiger partial charge in [0.25, 0.3) is 0 Å². The molecule has 7 nitrogen and oxygen atoms in total. The van der Waals surface area contributed by atoms with Crippen LogP contribution >= 0.6 is 0 Å². The molecule has 3 aliphatic rings. The summed E-state index contributed by atoms with van der Waals surface area (Å²) in [5.74, 6) is -1.38. The van der Waals surface area contributed by atoms with Crippen LogP contribution in [-0.4, -0.2) is 72.6 Å². The van der Waals surface area contributed by atoms with Crippen molar-refractivity contribution in [2.24, 2.45) is 17.3 Å². The number of carbonyl (C=O) groups is 3. The Morgan fingerprint density at radius 1 is 1.41 bits per heavy atom. The van der Waals surface area contributed by atoms with Gasteiger partial charge in [-0.1, -0.05) is 0 Å².